The summed E-state index contributed by atoms with van der Waals surface area (Å²) in [5.74, 6) is 1.02. The van der Waals surface area contributed by atoms with Crippen LogP contribution in [0.4, 0.5) is 34.1 Å². The Labute approximate surface area is 466 Å². The lowest BCUT2D eigenvalue weighted by molar-refractivity contribution is 0.306. The number of nitrogens with zero attached hydrogens (tertiary/aromatic N) is 8. The average molecular weight is 1060 g/mol. The van der Waals surface area contributed by atoms with Gasteiger partial charge >= 0.3 is 0 Å². The van der Waals surface area contributed by atoms with E-state index in [2.05, 4.69) is 109 Å². The normalized spacial score (nSPS) is 10.1. The highest BCUT2D eigenvalue weighted by Crippen LogP contribution is 2.47. The number of rotatable bonds is 22. The van der Waals surface area contributed by atoms with E-state index in [0.29, 0.717) is 45.6 Å². The highest BCUT2D eigenvalue weighted by molar-refractivity contribution is 7.17. The molecule has 0 unspecified atom stereocenters. The minimum absolute atomic E-state index is 0.0505. The van der Waals surface area contributed by atoms with Gasteiger partial charge < -0.3 is 19.3 Å². The molecule has 0 saturated heterocycles. The number of benzene rings is 6. The summed E-state index contributed by atoms with van der Waals surface area (Å²) in [4.78, 5) is 7.08. The first kappa shape index (κ1) is 56.1. The van der Waals surface area contributed by atoms with Crippen LogP contribution in [0, 0.1) is 68.0 Å². The molecule has 8 rings (SSSR count). The van der Waals surface area contributed by atoms with Gasteiger partial charge in [0.1, 0.15) is 58.7 Å². The number of ether oxygens (including phenoxy) is 2. The largest absolute Gasteiger partial charge is 0.491 e. The van der Waals surface area contributed by atoms with Crippen LogP contribution in [-0.2, 0) is 0 Å². The fourth-order valence-electron chi connectivity index (χ4n) is 8.51. The summed E-state index contributed by atoms with van der Waals surface area (Å²) in [6.07, 6.45) is 11.4. The Bertz CT molecular complexity index is 3200. The van der Waals surface area contributed by atoms with Crippen LogP contribution in [-0.4, -0.2) is 13.2 Å². The van der Waals surface area contributed by atoms with Crippen molar-refractivity contribution < 1.29 is 9.47 Å². The molecule has 2 aromatic heterocycles. The SMILES string of the molecule is CCCCCCOc1c(-c2ccc(N(c3ccccc3)c3ccccc3)cc2)sc(C=C(C#N)C#N)c1C#N.CCCCCCOc1c(-c2ccc(N(c3ccccc3)c3ccccc3)cc2)sc(C=C(C#N)C#N)c1C#N. The standard InChI is InChI=1S/2C33H28N4OS/c2*1-2-3-4-11-20-38-32-30(24-36)31(21-25(22-34)23-35)39-33(32)26-16-18-29(19-17-26)37(27-12-7-5-8-13-27)28-14-9-6-10-15-28/h2*5-10,12-19,21H,2-4,11,20H2,1H3. The number of anilines is 6. The zero-order valence-electron chi connectivity index (χ0n) is 43.6. The summed E-state index contributed by atoms with van der Waals surface area (Å²) < 4.78 is 12.4. The van der Waals surface area contributed by atoms with E-state index in [0.717, 1.165) is 106 Å². The van der Waals surface area contributed by atoms with Gasteiger partial charge in [-0.3, -0.25) is 0 Å². The maximum absolute atomic E-state index is 10.0. The van der Waals surface area contributed by atoms with Crippen LogP contribution in [0.15, 0.2) is 181 Å². The molecule has 0 N–H and O–H groups in total. The van der Waals surface area contributed by atoms with Gasteiger partial charge in [0, 0.05) is 34.1 Å². The number of unbranched alkanes of at least 4 members (excludes halogenated alkanes) is 6. The Balaban J connectivity index is 0.000000226. The fourth-order valence-corrected chi connectivity index (χ4v) is 10.8. The van der Waals surface area contributed by atoms with Gasteiger partial charge in [-0.05, 0) is 109 Å². The van der Waals surface area contributed by atoms with Crippen molar-refractivity contribution in [3.05, 3.63) is 202 Å². The third-order valence-electron chi connectivity index (χ3n) is 12.4. The second-order valence-electron chi connectivity index (χ2n) is 17.7. The van der Waals surface area contributed by atoms with E-state index >= 15 is 0 Å². The van der Waals surface area contributed by atoms with Gasteiger partial charge in [-0.15, -0.1) is 22.7 Å². The number of nitriles is 6. The molecule has 2 heterocycles. The van der Waals surface area contributed by atoms with Crippen molar-refractivity contribution >= 4 is 68.9 Å². The first-order valence-corrected chi connectivity index (χ1v) is 27.5. The summed E-state index contributed by atoms with van der Waals surface area (Å²) in [5, 5.41) is 57.1. The van der Waals surface area contributed by atoms with Crippen LogP contribution in [0.1, 0.15) is 86.1 Å². The molecule has 0 saturated carbocycles. The molecule has 0 radical (unpaired) electrons. The number of hydrogen-bond donors (Lipinski definition) is 0. The number of hydrogen-bond acceptors (Lipinski definition) is 12. The summed E-state index contributed by atoms with van der Waals surface area (Å²) in [6.45, 7) is 5.32. The lowest BCUT2D eigenvalue weighted by Gasteiger charge is -2.25. The van der Waals surface area contributed by atoms with Crippen molar-refractivity contribution in [2.45, 2.75) is 65.2 Å². The Morgan fingerprint density at radius 3 is 0.962 bits per heavy atom. The van der Waals surface area contributed by atoms with E-state index in [-0.39, 0.29) is 11.1 Å². The van der Waals surface area contributed by atoms with Crippen molar-refractivity contribution in [2.75, 3.05) is 23.0 Å². The third-order valence-corrected chi connectivity index (χ3v) is 14.7. The molecule has 12 heteroatoms. The highest BCUT2D eigenvalue weighted by Gasteiger charge is 2.23. The number of thiophene rings is 2. The molecule has 78 heavy (non-hydrogen) atoms. The molecule has 384 valence electrons. The highest BCUT2D eigenvalue weighted by atomic mass is 32.1. The third kappa shape index (κ3) is 14.4. The molecule has 0 aliphatic heterocycles. The van der Waals surface area contributed by atoms with E-state index in [1.54, 1.807) is 0 Å². The maximum atomic E-state index is 10.0. The van der Waals surface area contributed by atoms with Crippen LogP contribution >= 0.6 is 22.7 Å². The van der Waals surface area contributed by atoms with Crippen molar-refractivity contribution in [3.63, 3.8) is 0 Å². The molecule has 0 aliphatic carbocycles. The lowest BCUT2D eigenvalue weighted by atomic mass is 10.1. The minimum Gasteiger partial charge on any atom is -0.491 e. The molecule has 6 aromatic carbocycles. The van der Waals surface area contributed by atoms with Crippen LogP contribution in [0.3, 0.4) is 0 Å². The monoisotopic (exact) mass is 1060 g/mol. The van der Waals surface area contributed by atoms with Gasteiger partial charge in [-0.1, -0.05) is 149 Å². The van der Waals surface area contributed by atoms with E-state index in [4.69, 9.17) is 9.47 Å². The molecule has 0 fully saturated rings. The Morgan fingerprint density at radius 1 is 0.397 bits per heavy atom. The zero-order chi connectivity index (χ0) is 54.9. The van der Waals surface area contributed by atoms with Crippen molar-refractivity contribution in [3.8, 4) is 68.8 Å². The Kier molecular flexibility index (Phi) is 21.2. The van der Waals surface area contributed by atoms with E-state index in [9.17, 15) is 31.6 Å². The smallest absolute Gasteiger partial charge is 0.156 e. The summed E-state index contributed by atoms with van der Waals surface area (Å²) in [5.41, 5.74) is 8.58. The molecule has 0 bridgehead atoms. The second kappa shape index (κ2) is 29.4. The van der Waals surface area contributed by atoms with Crippen LogP contribution in [0.25, 0.3) is 33.0 Å². The summed E-state index contributed by atoms with van der Waals surface area (Å²) in [6, 6.07) is 69.1. The van der Waals surface area contributed by atoms with Gasteiger partial charge in [-0.25, -0.2) is 0 Å². The maximum Gasteiger partial charge on any atom is 0.156 e. The van der Waals surface area contributed by atoms with Crippen LogP contribution in [0.5, 0.6) is 11.5 Å². The summed E-state index contributed by atoms with van der Waals surface area (Å²) in [7, 11) is 0. The van der Waals surface area contributed by atoms with Gasteiger partial charge in [0.2, 0.25) is 0 Å². The van der Waals surface area contributed by atoms with Crippen LogP contribution < -0.4 is 19.3 Å². The fraction of sp³-hybridized carbons (Fsp3) is 0.182. The van der Waals surface area contributed by atoms with Crippen LogP contribution in [0.2, 0.25) is 0 Å². The topological polar surface area (TPSA) is 168 Å². The molecule has 10 nitrogen and oxygen atoms in total. The molecule has 0 aliphatic rings. The van der Waals surface area contributed by atoms with Gasteiger partial charge in [0.05, 0.1) is 32.7 Å². The molecule has 0 atom stereocenters. The van der Waals surface area contributed by atoms with Crippen molar-refractivity contribution in [1.29, 1.82) is 31.6 Å². The number of para-hydroxylation sites is 4. The van der Waals surface area contributed by atoms with Crippen molar-refractivity contribution in [2.24, 2.45) is 0 Å². The summed E-state index contributed by atoms with van der Waals surface area (Å²) >= 11 is 2.72. The first-order chi connectivity index (χ1) is 38.4. The molecule has 8 aromatic rings. The zero-order valence-corrected chi connectivity index (χ0v) is 45.2. The second-order valence-corrected chi connectivity index (χ2v) is 19.8. The molecule has 0 amide bonds. The predicted molar refractivity (Wildman–Crippen MR) is 316 cm³/mol. The minimum atomic E-state index is -0.0505. The quantitative estimate of drug-likeness (QED) is 0.0470. The van der Waals surface area contributed by atoms with Gasteiger partial charge in [0.15, 0.2) is 11.5 Å². The average Bonchev–Trinajstić information content (AvgIpc) is 4.05. The Hall–Kier alpha value is -9.66. The van der Waals surface area contributed by atoms with Crippen molar-refractivity contribution in [1.82, 2.24) is 0 Å². The number of allylic oxidation sites excluding steroid dienone is 2. The first-order valence-electron chi connectivity index (χ1n) is 25.8. The molecular formula is C66H56N8O2S2. The van der Waals surface area contributed by atoms with Gasteiger partial charge in [0.25, 0.3) is 0 Å². The van der Waals surface area contributed by atoms with E-state index in [1.165, 1.54) is 34.8 Å². The molecule has 0 spiro atoms. The predicted octanol–water partition coefficient (Wildman–Crippen LogP) is 18.3. The lowest BCUT2D eigenvalue weighted by Crippen LogP contribution is -2.09. The Morgan fingerprint density at radius 2 is 0.692 bits per heavy atom. The van der Waals surface area contributed by atoms with Gasteiger partial charge in [-0.2, -0.15) is 31.6 Å². The van der Waals surface area contributed by atoms with E-state index in [1.807, 2.05) is 121 Å². The van der Waals surface area contributed by atoms with E-state index < -0.39 is 0 Å². The molecular weight excluding hydrogens is 1000 g/mol.